The molecule has 7 heteroatoms. The van der Waals surface area contributed by atoms with E-state index in [4.69, 9.17) is 0 Å². The van der Waals surface area contributed by atoms with E-state index in [0.717, 1.165) is 0 Å². The van der Waals surface area contributed by atoms with Crippen molar-refractivity contribution >= 4 is 15.9 Å². The summed E-state index contributed by atoms with van der Waals surface area (Å²) in [6.45, 7) is 4.59. The Hall–Kier alpha value is -1.44. The molecular formula is C16H25N3O3S. The minimum absolute atomic E-state index is 0.116. The van der Waals surface area contributed by atoms with Gasteiger partial charge in [0.2, 0.25) is 15.9 Å². The highest BCUT2D eigenvalue weighted by atomic mass is 32.2. The van der Waals surface area contributed by atoms with Gasteiger partial charge in [-0.1, -0.05) is 29.8 Å². The summed E-state index contributed by atoms with van der Waals surface area (Å²) in [5.74, 6) is -0.475. The number of carbonyl (C=O) groups is 1. The van der Waals surface area contributed by atoms with E-state index in [-0.39, 0.29) is 18.4 Å². The second-order valence-electron chi connectivity index (χ2n) is 6.15. The molecule has 1 aliphatic rings. The molecule has 1 N–H and O–H groups in total. The van der Waals surface area contributed by atoms with Gasteiger partial charge in [-0.2, -0.15) is 0 Å². The van der Waals surface area contributed by atoms with E-state index in [1.807, 2.05) is 6.92 Å². The van der Waals surface area contributed by atoms with Crippen LogP contribution in [-0.2, 0) is 21.4 Å². The number of carbonyl (C=O) groups excluding carboxylic acids is 1. The monoisotopic (exact) mass is 339 g/mol. The third kappa shape index (κ3) is 5.02. The quantitative estimate of drug-likeness (QED) is 0.864. The van der Waals surface area contributed by atoms with Crippen LogP contribution >= 0.6 is 0 Å². The number of rotatable bonds is 4. The van der Waals surface area contributed by atoms with Crippen LogP contribution in [-0.4, -0.2) is 63.0 Å². The molecule has 1 heterocycles. The molecular weight excluding hydrogens is 314 g/mol. The van der Waals surface area contributed by atoms with Gasteiger partial charge in [-0.05, 0) is 12.5 Å². The third-order valence-corrected chi connectivity index (χ3v) is 5.45. The van der Waals surface area contributed by atoms with Crippen molar-refractivity contribution in [1.82, 2.24) is 14.5 Å². The summed E-state index contributed by atoms with van der Waals surface area (Å²) in [5, 5.41) is 2.64. The molecule has 0 saturated carbocycles. The molecule has 128 valence electrons. The van der Waals surface area contributed by atoms with Gasteiger partial charge >= 0.3 is 0 Å². The Kier molecular flexibility index (Phi) is 5.78. The lowest BCUT2D eigenvalue weighted by atomic mass is 10.1. The molecule has 0 radical (unpaired) electrons. The van der Waals surface area contributed by atoms with Gasteiger partial charge in [-0.25, -0.2) is 12.7 Å². The second-order valence-corrected chi connectivity index (χ2v) is 8.14. The zero-order valence-electron chi connectivity index (χ0n) is 13.9. The van der Waals surface area contributed by atoms with E-state index in [2.05, 4.69) is 34.5 Å². The lowest BCUT2D eigenvalue weighted by Gasteiger charge is -2.23. The number of benzene rings is 1. The molecule has 1 atom stereocenters. The molecule has 6 nitrogen and oxygen atoms in total. The average Bonchev–Trinajstić information content (AvgIpc) is 2.71. The Morgan fingerprint density at radius 3 is 2.43 bits per heavy atom. The van der Waals surface area contributed by atoms with Crippen molar-refractivity contribution < 1.29 is 13.2 Å². The van der Waals surface area contributed by atoms with Crippen LogP contribution in [0.2, 0.25) is 0 Å². The van der Waals surface area contributed by atoms with E-state index in [9.17, 15) is 13.2 Å². The van der Waals surface area contributed by atoms with E-state index in [1.54, 1.807) is 7.05 Å². The molecule has 2 rings (SSSR count). The van der Waals surface area contributed by atoms with Crippen molar-refractivity contribution in [3.63, 3.8) is 0 Å². The number of hydrogen-bond donors (Lipinski definition) is 1. The summed E-state index contributed by atoms with van der Waals surface area (Å²) in [6, 6.07) is 8.27. The van der Waals surface area contributed by atoms with Crippen molar-refractivity contribution in [2.75, 3.05) is 39.5 Å². The maximum Gasteiger partial charge on any atom is 0.225 e. The number of nitrogens with one attached hydrogen (secondary N) is 1. The highest BCUT2D eigenvalue weighted by molar-refractivity contribution is 7.88. The fourth-order valence-corrected chi connectivity index (χ4v) is 3.68. The molecule has 23 heavy (non-hydrogen) atoms. The first kappa shape index (κ1) is 17.9. The van der Waals surface area contributed by atoms with Crippen molar-refractivity contribution in [2.45, 2.75) is 13.5 Å². The zero-order chi connectivity index (χ0) is 17.0. The van der Waals surface area contributed by atoms with Crippen LogP contribution in [0.25, 0.3) is 0 Å². The first-order chi connectivity index (χ1) is 10.8. The second kappa shape index (κ2) is 7.42. The number of sulfonamides is 1. The smallest absolute Gasteiger partial charge is 0.225 e. The van der Waals surface area contributed by atoms with Crippen molar-refractivity contribution in [3.8, 4) is 0 Å². The van der Waals surface area contributed by atoms with Gasteiger partial charge < -0.3 is 5.32 Å². The molecule has 0 aliphatic carbocycles. The molecule has 0 unspecified atom stereocenters. The van der Waals surface area contributed by atoms with Crippen molar-refractivity contribution in [2.24, 2.45) is 5.92 Å². The van der Waals surface area contributed by atoms with Gasteiger partial charge in [0.1, 0.15) is 0 Å². The summed E-state index contributed by atoms with van der Waals surface area (Å²) >= 11 is 0. The molecule has 1 fully saturated rings. The summed E-state index contributed by atoms with van der Waals surface area (Å²) in [7, 11) is -1.71. The Labute approximate surface area is 138 Å². The predicted octanol–water partition coefficient (Wildman–Crippen LogP) is 0.434. The van der Waals surface area contributed by atoms with Crippen LogP contribution in [0.5, 0.6) is 0 Å². The summed E-state index contributed by atoms with van der Waals surface area (Å²) in [4.78, 5) is 14.2. The molecule has 1 saturated heterocycles. The minimum atomic E-state index is -3.30. The first-order valence-electron chi connectivity index (χ1n) is 7.74. The largest absolute Gasteiger partial charge is 0.359 e. The van der Waals surface area contributed by atoms with E-state index >= 15 is 0 Å². The maximum absolute atomic E-state index is 12.1. The highest BCUT2D eigenvalue weighted by Crippen LogP contribution is 2.16. The number of amides is 1. The van der Waals surface area contributed by atoms with Gasteiger partial charge in [0.05, 0.1) is 12.2 Å². The number of aryl methyl sites for hydroxylation is 1. The number of hydrogen-bond acceptors (Lipinski definition) is 4. The van der Waals surface area contributed by atoms with Crippen molar-refractivity contribution in [1.29, 1.82) is 0 Å². The van der Waals surface area contributed by atoms with Crippen LogP contribution < -0.4 is 5.32 Å². The molecule has 0 aromatic heterocycles. The SMILES string of the molecule is CNC(=O)[C@H]1CN(Cc2ccc(C)cc2)CCN(S(C)(=O)=O)C1. The minimum Gasteiger partial charge on any atom is -0.359 e. The summed E-state index contributed by atoms with van der Waals surface area (Å²) in [6.07, 6.45) is 1.20. The summed E-state index contributed by atoms with van der Waals surface area (Å²) in [5.41, 5.74) is 2.37. The van der Waals surface area contributed by atoms with E-state index < -0.39 is 10.0 Å². The van der Waals surface area contributed by atoms with E-state index in [0.29, 0.717) is 26.2 Å². The highest BCUT2D eigenvalue weighted by Gasteiger charge is 2.31. The lowest BCUT2D eigenvalue weighted by molar-refractivity contribution is -0.125. The molecule has 1 aromatic carbocycles. The van der Waals surface area contributed by atoms with Gasteiger partial charge in [-0.3, -0.25) is 9.69 Å². The zero-order valence-corrected chi connectivity index (χ0v) is 14.8. The Morgan fingerprint density at radius 1 is 1.22 bits per heavy atom. The Balaban J connectivity index is 2.14. The fourth-order valence-electron chi connectivity index (χ4n) is 2.82. The average molecular weight is 339 g/mol. The normalized spacial score (nSPS) is 20.9. The van der Waals surface area contributed by atoms with Crippen LogP contribution in [0.4, 0.5) is 0 Å². The predicted molar refractivity (Wildman–Crippen MR) is 90.4 cm³/mol. The van der Waals surface area contributed by atoms with Crippen LogP contribution in [0.3, 0.4) is 0 Å². The van der Waals surface area contributed by atoms with Gasteiger partial charge in [0, 0.05) is 39.8 Å². The molecule has 1 aromatic rings. The number of nitrogens with zero attached hydrogens (tertiary/aromatic N) is 2. The van der Waals surface area contributed by atoms with Gasteiger partial charge in [0.15, 0.2) is 0 Å². The fraction of sp³-hybridized carbons (Fsp3) is 0.562. The van der Waals surface area contributed by atoms with Gasteiger partial charge in [-0.15, -0.1) is 0 Å². The maximum atomic E-state index is 12.1. The van der Waals surface area contributed by atoms with Gasteiger partial charge in [0.25, 0.3) is 0 Å². The first-order valence-corrected chi connectivity index (χ1v) is 9.59. The molecule has 0 spiro atoms. The summed E-state index contributed by atoms with van der Waals surface area (Å²) < 4.78 is 25.2. The lowest BCUT2D eigenvalue weighted by Crippen LogP contribution is -2.41. The van der Waals surface area contributed by atoms with Crippen LogP contribution in [0.15, 0.2) is 24.3 Å². The molecule has 1 amide bonds. The van der Waals surface area contributed by atoms with E-state index in [1.165, 1.54) is 21.7 Å². The van der Waals surface area contributed by atoms with Crippen LogP contribution in [0, 0.1) is 12.8 Å². The molecule has 1 aliphatic heterocycles. The van der Waals surface area contributed by atoms with Crippen LogP contribution in [0.1, 0.15) is 11.1 Å². The Bertz CT molecular complexity index is 643. The third-order valence-electron chi connectivity index (χ3n) is 4.18. The Morgan fingerprint density at radius 2 is 1.87 bits per heavy atom. The standard InChI is InChI=1S/C16H25N3O3S/c1-13-4-6-14(7-5-13)10-18-8-9-19(23(3,21)22)12-15(11-18)16(20)17-2/h4-7,15H,8-12H2,1-3H3,(H,17,20)/t15-/m0/s1. The molecule has 0 bridgehead atoms. The topological polar surface area (TPSA) is 69.7 Å². The van der Waals surface area contributed by atoms with Crippen molar-refractivity contribution in [3.05, 3.63) is 35.4 Å².